The Hall–Kier alpha value is -0.0700. The van der Waals surface area contributed by atoms with Gasteiger partial charge in [-0.2, -0.15) is 0 Å². The van der Waals surface area contributed by atoms with Crippen molar-refractivity contribution in [2.75, 3.05) is 45.9 Å². The molecule has 0 aromatic rings. The first-order chi connectivity index (χ1) is 8.76. The highest BCUT2D eigenvalue weighted by Gasteiger charge is 2.33. The van der Waals surface area contributed by atoms with Crippen LogP contribution in [0.15, 0.2) is 0 Å². The number of morpholine rings is 1. The second kappa shape index (κ2) is 9.79. The van der Waals surface area contributed by atoms with Gasteiger partial charge in [-0.15, -0.1) is 24.8 Å². The minimum Gasteiger partial charge on any atom is -0.378 e. The average molecular weight is 328 g/mol. The maximum Gasteiger partial charge on any atom is 0.242 e. The molecule has 20 heavy (non-hydrogen) atoms. The van der Waals surface area contributed by atoms with E-state index >= 15 is 0 Å². The molecule has 2 aliphatic rings. The van der Waals surface area contributed by atoms with Crippen LogP contribution in [0.5, 0.6) is 0 Å². The topological polar surface area (TPSA) is 44.8 Å². The van der Waals surface area contributed by atoms with Crippen molar-refractivity contribution in [3.05, 3.63) is 0 Å². The van der Waals surface area contributed by atoms with Gasteiger partial charge in [-0.05, 0) is 19.5 Å². The fraction of sp³-hybridized carbons (Fsp3) is 0.923. The Morgan fingerprint density at radius 2 is 2.05 bits per heavy atom. The molecule has 2 atom stereocenters. The molecule has 2 aliphatic heterocycles. The molecule has 2 rings (SSSR count). The Morgan fingerprint density at radius 3 is 2.60 bits per heavy atom. The molecular formula is C13H27Cl2N3O2. The molecule has 0 aliphatic carbocycles. The number of likely N-dealkylation sites (N-methyl/N-ethyl adjacent to an activating group) is 1. The smallest absolute Gasteiger partial charge is 0.242 e. The molecule has 2 unspecified atom stereocenters. The molecule has 0 aromatic heterocycles. The Labute approximate surface area is 134 Å². The van der Waals surface area contributed by atoms with E-state index < -0.39 is 0 Å². The first-order valence-electron chi connectivity index (χ1n) is 7.10. The molecule has 120 valence electrons. The molecule has 7 heteroatoms. The summed E-state index contributed by atoms with van der Waals surface area (Å²) in [6.07, 6.45) is 1.10. The third-order valence-corrected chi connectivity index (χ3v) is 4.02. The van der Waals surface area contributed by atoms with Crippen molar-refractivity contribution in [3.8, 4) is 0 Å². The first-order valence-corrected chi connectivity index (χ1v) is 7.10. The normalized spacial score (nSPS) is 26.1. The van der Waals surface area contributed by atoms with Gasteiger partial charge >= 0.3 is 0 Å². The van der Waals surface area contributed by atoms with Crippen LogP contribution in [-0.4, -0.2) is 73.7 Å². The summed E-state index contributed by atoms with van der Waals surface area (Å²) in [6, 6.07) is 0.405. The van der Waals surface area contributed by atoms with Gasteiger partial charge in [-0.3, -0.25) is 9.69 Å². The van der Waals surface area contributed by atoms with E-state index in [-0.39, 0.29) is 36.8 Å². The van der Waals surface area contributed by atoms with Crippen molar-refractivity contribution in [2.45, 2.75) is 32.4 Å². The van der Waals surface area contributed by atoms with Crippen LogP contribution in [0.1, 0.15) is 20.3 Å². The third kappa shape index (κ3) is 4.74. The number of rotatable bonds is 4. The van der Waals surface area contributed by atoms with E-state index in [0.29, 0.717) is 19.3 Å². The van der Waals surface area contributed by atoms with Crippen molar-refractivity contribution in [1.82, 2.24) is 15.1 Å². The van der Waals surface area contributed by atoms with Crippen LogP contribution in [0.25, 0.3) is 0 Å². The van der Waals surface area contributed by atoms with E-state index in [0.717, 1.165) is 39.1 Å². The van der Waals surface area contributed by atoms with Crippen LogP contribution in [-0.2, 0) is 9.53 Å². The molecule has 0 bridgehead atoms. The minimum atomic E-state index is -0.130. The number of carbonyl (C=O) groups excluding carboxylic acids is 1. The van der Waals surface area contributed by atoms with Gasteiger partial charge in [0.15, 0.2) is 0 Å². The van der Waals surface area contributed by atoms with Gasteiger partial charge in [0.1, 0.15) is 6.04 Å². The Kier molecular flexibility index (Phi) is 9.76. The van der Waals surface area contributed by atoms with E-state index in [1.807, 2.05) is 4.90 Å². The summed E-state index contributed by atoms with van der Waals surface area (Å²) in [5.74, 6) is 0.212. The molecule has 0 saturated carbocycles. The number of hydrogen-bond acceptors (Lipinski definition) is 4. The number of ether oxygens (including phenoxy) is 1. The van der Waals surface area contributed by atoms with E-state index in [9.17, 15) is 4.79 Å². The van der Waals surface area contributed by atoms with Gasteiger partial charge in [-0.25, -0.2) is 0 Å². The second-order valence-corrected chi connectivity index (χ2v) is 5.03. The lowest BCUT2D eigenvalue weighted by atomic mass is 10.2. The lowest BCUT2D eigenvalue weighted by Crippen LogP contribution is -2.52. The molecule has 2 fully saturated rings. The fourth-order valence-electron chi connectivity index (χ4n) is 2.92. The van der Waals surface area contributed by atoms with Crippen LogP contribution in [0.4, 0.5) is 0 Å². The SMILES string of the molecule is CCN(CC)C1CCN(C(=O)C2COCCN2)C1.Cl.Cl. The molecule has 1 N–H and O–H groups in total. The van der Waals surface area contributed by atoms with Crippen molar-refractivity contribution in [3.63, 3.8) is 0 Å². The van der Waals surface area contributed by atoms with Gasteiger partial charge in [0.25, 0.3) is 0 Å². The van der Waals surface area contributed by atoms with E-state index in [1.165, 1.54) is 0 Å². The average Bonchev–Trinajstić information content (AvgIpc) is 2.90. The van der Waals surface area contributed by atoms with Gasteiger partial charge in [-0.1, -0.05) is 13.8 Å². The summed E-state index contributed by atoms with van der Waals surface area (Å²) in [5.41, 5.74) is 0. The number of likely N-dealkylation sites (tertiary alicyclic amines) is 1. The fourth-order valence-corrected chi connectivity index (χ4v) is 2.92. The van der Waals surface area contributed by atoms with Crippen LogP contribution in [0.2, 0.25) is 0 Å². The standard InChI is InChI=1S/C13H25N3O2.2ClH/c1-3-15(4-2)11-5-7-16(9-11)13(17)12-10-18-8-6-14-12;;/h11-12,14H,3-10H2,1-2H3;2*1H. The number of amides is 1. The second-order valence-electron chi connectivity index (χ2n) is 5.03. The maximum absolute atomic E-state index is 12.3. The zero-order valence-corrected chi connectivity index (χ0v) is 14.0. The molecule has 0 spiro atoms. The van der Waals surface area contributed by atoms with Gasteiger partial charge in [0, 0.05) is 25.7 Å². The third-order valence-electron chi connectivity index (χ3n) is 4.02. The van der Waals surface area contributed by atoms with Crippen molar-refractivity contribution >= 4 is 30.7 Å². The lowest BCUT2D eigenvalue weighted by Gasteiger charge is -2.29. The Morgan fingerprint density at radius 1 is 1.35 bits per heavy atom. The quantitative estimate of drug-likeness (QED) is 0.828. The monoisotopic (exact) mass is 327 g/mol. The summed E-state index contributed by atoms with van der Waals surface area (Å²) in [6.45, 7) is 10.3. The number of carbonyl (C=O) groups is 1. The summed E-state index contributed by atoms with van der Waals surface area (Å²) < 4.78 is 5.36. The van der Waals surface area contributed by atoms with E-state index in [2.05, 4.69) is 24.1 Å². The van der Waals surface area contributed by atoms with E-state index in [4.69, 9.17) is 4.74 Å². The Balaban J connectivity index is 0.00000180. The molecule has 2 saturated heterocycles. The maximum atomic E-state index is 12.3. The molecule has 2 heterocycles. The highest BCUT2D eigenvalue weighted by Crippen LogP contribution is 2.16. The summed E-state index contributed by atoms with van der Waals surface area (Å²) in [7, 11) is 0. The van der Waals surface area contributed by atoms with Crippen molar-refractivity contribution in [1.29, 1.82) is 0 Å². The Bertz CT molecular complexity index is 285. The summed E-state index contributed by atoms with van der Waals surface area (Å²) in [5, 5.41) is 3.24. The molecule has 1 amide bonds. The van der Waals surface area contributed by atoms with Crippen LogP contribution >= 0.6 is 24.8 Å². The molecule has 5 nitrogen and oxygen atoms in total. The summed E-state index contributed by atoms with van der Waals surface area (Å²) in [4.78, 5) is 16.7. The predicted octanol–water partition coefficient (Wildman–Crippen LogP) is 0.761. The molecule has 0 aromatic carbocycles. The van der Waals surface area contributed by atoms with Gasteiger partial charge < -0.3 is 15.0 Å². The number of nitrogens with one attached hydrogen (secondary N) is 1. The van der Waals surface area contributed by atoms with Crippen molar-refractivity contribution < 1.29 is 9.53 Å². The largest absolute Gasteiger partial charge is 0.378 e. The zero-order valence-electron chi connectivity index (χ0n) is 12.3. The molecule has 0 radical (unpaired) electrons. The van der Waals surface area contributed by atoms with E-state index in [1.54, 1.807) is 0 Å². The summed E-state index contributed by atoms with van der Waals surface area (Å²) >= 11 is 0. The lowest BCUT2D eigenvalue weighted by molar-refractivity contribution is -0.135. The highest BCUT2D eigenvalue weighted by molar-refractivity contribution is 5.85. The first kappa shape index (κ1) is 19.9. The van der Waals surface area contributed by atoms with Crippen LogP contribution in [0.3, 0.4) is 0 Å². The number of hydrogen-bond donors (Lipinski definition) is 1. The predicted molar refractivity (Wildman–Crippen MR) is 85.0 cm³/mol. The van der Waals surface area contributed by atoms with Crippen molar-refractivity contribution in [2.24, 2.45) is 0 Å². The van der Waals surface area contributed by atoms with Crippen LogP contribution in [0, 0.1) is 0 Å². The van der Waals surface area contributed by atoms with Crippen LogP contribution < -0.4 is 5.32 Å². The molecular weight excluding hydrogens is 301 g/mol. The number of nitrogens with zero attached hydrogens (tertiary/aromatic N) is 2. The zero-order chi connectivity index (χ0) is 13.0. The number of halogens is 2. The van der Waals surface area contributed by atoms with Gasteiger partial charge in [0.2, 0.25) is 5.91 Å². The van der Waals surface area contributed by atoms with Gasteiger partial charge in [0.05, 0.1) is 13.2 Å². The highest BCUT2D eigenvalue weighted by atomic mass is 35.5. The minimum absolute atomic E-state index is 0.